The fraction of sp³-hybridized carbons (Fsp3) is 0.333. The van der Waals surface area contributed by atoms with Crippen LogP contribution >= 0.6 is 0 Å². The van der Waals surface area contributed by atoms with Crippen LogP contribution in [0.2, 0.25) is 0 Å². The summed E-state index contributed by atoms with van der Waals surface area (Å²) in [4.78, 5) is 0. The number of rotatable bonds is 8. The molecule has 0 aromatic heterocycles. The topological polar surface area (TPSA) is 43.5 Å². The van der Waals surface area contributed by atoms with Crippen LogP contribution in [0.5, 0.6) is 11.5 Å². The van der Waals surface area contributed by atoms with Crippen LogP contribution in [0.15, 0.2) is 48.5 Å². The highest BCUT2D eigenvalue weighted by Crippen LogP contribution is 2.19. The Balaban J connectivity index is 1.29. The second kappa shape index (κ2) is 6.65. The number of hydrogen-bond acceptors (Lipinski definition) is 4. The molecule has 1 radical (unpaired) electrons. The van der Waals surface area contributed by atoms with Crippen molar-refractivity contribution >= 4 is 7.48 Å². The van der Waals surface area contributed by atoms with Crippen LogP contribution in [-0.4, -0.2) is 39.4 Å². The van der Waals surface area contributed by atoms with E-state index in [0.29, 0.717) is 12.7 Å². The van der Waals surface area contributed by atoms with Crippen molar-refractivity contribution < 1.29 is 18.9 Å². The highest BCUT2D eigenvalue weighted by Gasteiger charge is 2.26. The first-order valence-electron chi connectivity index (χ1n) is 7.89. The fourth-order valence-electron chi connectivity index (χ4n) is 2.27. The number of hydrogen-bond donors (Lipinski definition) is 0. The molecule has 4 nitrogen and oxygen atoms in total. The third-order valence-corrected chi connectivity index (χ3v) is 3.81. The van der Waals surface area contributed by atoms with Crippen LogP contribution < -0.4 is 9.39 Å². The van der Waals surface area contributed by atoms with Gasteiger partial charge in [-0.05, 0) is 41.8 Å². The molecular weight excluding hydrogens is 291 g/mol. The predicted octanol–water partition coefficient (Wildman–Crippen LogP) is 2.41. The van der Waals surface area contributed by atoms with Crippen LogP contribution in [0, 0.1) is 0 Å². The van der Waals surface area contributed by atoms with Crippen LogP contribution in [-0.2, 0) is 15.9 Å². The van der Waals surface area contributed by atoms with E-state index in [1.165, 1.54) is 11.1 Å². The summed E-state index contributed by atoms with van der Waals surface area (Å²) in [5, 5.41) is 0. The summed E-state index contributed by atoms with van der Waals surface area (Å²) in [6.07, 6.45) is 1.18. The van der Waals surface area contributed by atoms with Gasteiger partial charge in [-0.1, -0.05) is 24.3 Å². The maximum Gasteiger partial charge on any atom is 0.403 e. The normalized spacial score (nSPS) is 21.6. The van der Waals surface area contributed by atoms with Gasteiger partial charge in [0.1, 0.15) is 18.5 Å². The van der Waals surface area contributed by atoms with Crippen molar-refractivity contribution in [2.24, 2.45) is 0 Å². The minimum atomic E-state index is 0.168. The lowest BCUT2D eigenvalue weighted by atomic mass is 9.96. The summed E-state index contributed by atoms with van der Waals surface area (Å²) in [5.74, 6) is 1.74. The van der Waals surface area contributed by atoms with Gasteiger partial charge < -0.3 is 18.9 Å². The molecule has 0 saturated carbocycles. The Hall–Kier alpha value is -1.98. The van der Waals surface area contributed by atoms with Gasteiger partial charge in [-0.3, -0.25) is 0 Å². The van der Waals surface area contributed by atoms with Crippen LogP contribution in [0.3, 0.4) is 0 Å². The third-order valence-electron chi connectivity index (χ3n) is 3.81. The summed E-state index contributed by atoms with van der Waals surface area (Å²) in [5.41, 5.74) is 2.51. The molecule has 5 heteroatoms. The van der Waals surface area contributed by atoms with Crippen LogP contribution in [0.25, 0.3) is 0 Å². The van der Waals surface area contributed by atoms with E-state index < -0.39 is 0 Å². The maximum absolute atomic E-state index is 5.65. The Morgan fingerprint density at radius 1 is 0.870 bits per heavy atom. The highest BCUT2D eigenvalue weighted by molar-refractivity contribution is 6.31. The summed E-state index contributed by atoms with van der Waals surface area (Å²) in [6, 6.07) is 16.6. The van der Waals surface area contributed by atoms with E-state index in [1.54, 1.807) is 7.48 Å². The Labute approximate surface area is 136 Å². The fourth-order valence-corrected chi connectivity index (χ4v) is 2.27. The molecule has 2 atom stereocenters. The second-order valence-corrected chi connectivity index (χ2v) is 5.86. The van der Waals surface area contributed by atoms with E-state index >= 15 is 0 Å². The van der Waals surface area contributed by atoms with Gasteiger partial charge in [0.15, 0.2) is 0 Å². The summed E-state index contributed by atoms with van der Waals surface area (Å²) in [7, 11) is 1.74. The SMILES string of the molecule is [B](Oc1ccc(Cc2ccc(OCC3CO3)cc2)cc1)C1CO1. The van der Waals surface area contributed by atoms with E-state index in [-0.39, 0.29) is 6.00 Å². The maximum atomic E-state index is 5.65. The van der Waals surface area contributed by atoms with Crippen molar-refractivity contribution in [2.45, 2.75) is 18.5 Å². The number of ether oxygens (including phenoxy) is 3. The average molecular weight is 309 g/mol. The Bertz CT molecular complexity index is 576. The van der Waals surface area contributed by atoms with Gasteiger partial charge in [-0.25, -0.2) is 0 Å². The van der Waals surface area contributed by atoms with Gasteiger partial charge in [0.05, 0.1) is 25.0 Å². The summed E-state index contributed by atoms with van der Waals surface area (Å²) < 4.78 is 21.4. The average Bonchev–Trinajstić information content (AvgIpc) is 3.48. The molecular formula is C18H18BO4. The van der Waals surface area contributed by atoms with Crippen molar-refractivity contribution in [1.82, 2.24) is 0 Å². The van der Waals surface area contributed by atoms with Crippen molar-refractivity contribution in [3.8, 4) is 11.5 Å². The molecule has 117 valence electrons. The lowest BCUT2D eigenvalue weighted by molar-refractivity contribution is 0.263. The molecule has 4 rings (SSSR count). The Kier molecular flexibility index (Phi) is 4.22. The smallest absolute Gasteiger partial charge is 0.403 e. The van der Waals surface area contributed by atoms with Gasteiger partial charge in [0, 0.05) is 0 Å². The van der Waals surface area contributed by atoms with Gasteiger partial charge in [-0.15, -0.1) is 0 Å². The quantitative estimate of drug-likeness (QED) is 0.555. The molecule has 0 spiro atoms. The van der Waals surface area contributed by atoms with Gasteiger partial charge in [0.2, 0.25) is 0 Å². The molecule has 2 saturated heterocycles. The zero-order valence-corrected chi connectivity index (χ0v) is 12.8. The predicted molar refractivity (Wildman–Crippen MR) is 87.0 cm³/mol. The molecule has 0 aliphatic carbocycles. The summed E-state index contributed by atoms with van der Waals surface area (Å²) >= 11 is 0. The minimum absolute atomic E-state index is 0.168. The first-order chi connectivity index (χ1) is 11.3. The van der Waals surface area contributed by atoms with E-state index in [4.69, 9.17) is 18.9 Å². The zero-order valence-electron chi connectivity index (χ0n) is 12.8. The van der Waals surface area contributed by atoms with Gasteiger partial charge >= 0.3 is 7.48 Å². The van der Waals surface area contributed by atoms with Crippen molar-refractivity contribution in [3.05, 3.63) is 59.7 Å². The van der Waals surface area contributed by atoms with E-state index in [2.05, 4.69) is 24.3 Å². The molecule has 0 amide bonds. The molecule has 2 fully saturated rings. The summed E-state index contributed by atoms with van der Waals surface area (Å²) in [6.45, 7) is 2.23. The first-order valence-corrected chi connectivity index (χ1v) is 7.89. The molecule has 2 aliphatic rings. The van der Waals surface area contributed by atoms with Crippen molar-refractivity contribution in [3.63, 3.8) is 0 Å². The molecule has 2 unspecified atom stereocenters. The molecule has 2 aromatic carbocycles. The van der Waals surface area contributed by atoms with Gasteiger partial charge in [-0.2, -0.15) is 0 Å². The molecule has 23 heavy (non-hydrogen) atoms. The van der Waals surface area contributed by atoms with Crippen LogP contribution in [0.1, 0.15) is 11.1 Å². The van der Waals surface area contributed by atoms with Crippen molar-refractivity contribution in [1.29, 1.82) is 0 Å². The molecule has 0 N–H and O–H groups in total. The van der Waals surface area contributed by atoms with E-state index in [1.807, 2.05) is 24.3 Å². The Morgan fingerprint density at radius 3 is 2.04 bits per heavy atom. The number of epoxide rings is 2. The molecule has 2 heterocycles. The second-order valence-electron chi connectivity index (χ2n) is 5.86. The van der Waals surface area contributed by atoms with Crippen molar-refractivity contribution in [2.75, 3.05) is 19.8 Å². The van der Waals surface area contributed by atoms with E-state index in [0.717, 1.165) is 31.1 Å². The molecule has 0 bridgehead atoms. The lowest BCUT2D eigenvalue weighted by Gasteiger charge is -2.07. The standard InChI is InChI=1S/C18H18BO4/c1-5-15(20-10-17-11-21-17)6-2-13(1)9-14-3-7-16(8-4-14)23-19-18-12-22-18/h1-8,17-18H,9-12H2. The third kappa shape index (κ3) is 4.50. The van der Waals surface area contributed by atoms with E-state index in [9.17, 15) is 0 Å². The van der Waals surface area contributed by atoms with Crippen LogP contribution in [0.4, 0.5) is 0 Å². The first kappa shape index (κ1) is 14.6. The Morgan fingerprint density at radius 2 is 1.48 bits per heavy atom. The van der Waals surface area contributed by atoms with Gasteiger partial charge in [0.25, 0.3) is 0 Å². The minimum Gasteiger partial charge on any atom is -0.560 e. The monoisotopic (exact) mass is 309 g/mol. The zero-order chi connectivity index (χ0) is 15.5. The molecule has 2 aliphatic heterocycles. The largest absolute Gasteiger partial charge is 0.560 e. The molecule has 2 aromatic rings. The highest BCUT2D eigenvalue weighted by atomic mass is 16.6. The lowest BCUT2D eigenvalue weighted by Crippen LogP contribution is -2.09. The number of benzene rings is 2.